The number of nitrogens with one attached hydrogen (secondary N) is 2. The molecule has 1 aromatic carbocycles. The average molecular weight is 269 g/mol. The Labute approximate surface area is 114 Å². The number of fused-ring (bicyclic) bond motifs is 1. The van der Waals surface area contributed by atoms with Crippen molar-refractivity contribution in [3.8, 4) is 5.75 Å². The van der Waals surface area contributed by atoms with Crippen molar-refractivity contribution in [2.24, 2.45) is 0 Å². The van der Waals surface area contributed by atoms with Gasteiger partial charge in [0.2, 0.25) is 0 Å². The van der Waals surface area contributed by atoms with E-state index in [4.69, 9.17) is 4.74 Å². The highest BCUT2D eigenvalue weighted by Gasteiger charge is 2.10. The molecule has 0 saturated carbocycles. The number of rotatable bonds is 3. The lowest BCUT2D eigenvalue weighted by Crippen LogP contribution is -2.13. The van der Waals surface area contributed by atoms with Gasteiger partial charge in [0.15, 0.2) is 5.65 Å². The van der Waals surface area contributed by atoms with E-state index in [1.165, 1.54) is 6.33 Å². The molecular formula is C13H11N5O2. The number of aromatic amines is 1. The van der Waals surface area contributed by atoms with Gasteiger partial charge in [-0.05, 0) is 24.3 Å². The number of aromatic nitrogens is 4. The summed E-state index contributed by atoms with van der Waals surface area (Å²) >= 11 is 0. The fourth-order valence-corrected chi connectivity index (χ4v) is 1.79. The normalized spacial score (nSPS) is 10.4. The van der Waals surface area contributed by atoms with E-state index in [0.717, 1.165) is 0 Å². The molecule has 2 aromatic heterocycles. The van der Waals surface area contributed by atoms with Gasteiger partial charge < -0.3 is 10.1 Å². The average Bonchev–Trinajstić information content (AvgIpc) is 2.97. The molecule has 7 heteroatoms. The Bertz CT molecular complexity index is 751. The van der Waals surface area contributed by atoms with Gasteiger partial charge in [0, 0.05) is 5.56 Å². The summed E-state index contributed by atoms with van der Waals surface area (Å²) < 4.78 is 5.05. The van der Waals surface area contributed by atoms with E-state index in [1.807, 2.05) is 0 Å². The quantitative estimate of drug-likeness (QED) is 0.753. The van der Waals surface area contributed by atoms with E-state index >= 15 is 0 Å². The van der Waals surface area contributed by atoms with Crippen LogP contribution in [0.15, 0.2) is 36.8 Å². The summed E-state index contributed by atoms with van der Waals surface area (Å²) in [5.41, 5.74) is 1.09. The summed E-state index contributed by atoms with van der Waals surface area (Å²) in [4.78, 5) is 20.2. The van der Waals surface area contributed by atoms with Crippen LogP contribution in [0.2, 0.25) is 0 Å². The van der Waals surface area contributed by atoms with Gasteiger partial charge in [0.1, 0.15) is 17.9 Å². The van der Waals surface area contributed by atoms with Crippen molar-refractivity contribution < 1.29 is 9.53 Å². The fraction of sp³-hybridized carbons (Fsp3) is 0.0769. The van der Waals surface area contributed by atoms with Crippen LogP contribution < -0.4 is 10.1 Å². The number of carbonyl (C=O) groups excluding carboxylic acids is 1. The molecule has 0 fully saturated rings. The highest BCUT2D eigenvalue weighted by Crippen LogP contribution is 2.18. The van der Waals surface area contributed by atoms with Crippen molar-refractivity contribution >= 4 is 22.8 Å². The number of H-pyrrole nitrogens is 1. The number of benzene rings is 1. The van der Waals surface area contributed by atoms with Gasteiger partial charge >= 0.3 is 0 Å². The predicted octanol–water partition coefficient (Wildman–Crippen LogP) is 1.61. The Morgan fingerprint density at radius 2 is 2.05 bits per heavy atom. The van der Waals surface area contributed by atoms with E-state index < -0.39 is 0 Å². The molecule has 0 saturated heterocycles. The number of anilines is 1. The Morgan fingerprint density at radius 1 is 1.25 bits per heavy atom. The topological polar surface area (TPSA) is 92.8 Å². The third-order valence-corrected chi connectivity index (χ3v) is 2.83. The monoisotopic (exact) mass is 269 g/mol. The summed E-state index contributed by atoms with van der Waals surface area (Å²) in [7, 11) is 1.58. The first-order valence-electron chi connectivity index (χ1n) is 5.87. The van der Waals surface area contributed by atoms with Crippen molar-refractivity contribution in [1.29, 1.82) is 0 Å². The van der Waals surface area contributed by atoms with E-state index in [2.05, 4.69) is 25.5 Å². The molecule has 7 nitrogen and oxygen atoms in total. The minimum absolute atomic E-state index is 0.256. The molecule has 0 spiro atoms. The molecule has 0 aliphatic rings. The van der Waals surface area contributed by atoms with Gasteiger partial charge in [-0.2, -0.15) is 5.10 Å². The van der Waals surface area contributed by atoms with Gasteiger partial charge in [-0.25, -0.2) is 9.97 Å². The van der Waals surface area contributed by atoms with Crippen molar-refractivity contribution in [3.63, 3.8) is 0 Å². The SMILES string of the molecule is COc1ccc(C(=O)Nc2ncnc3[nH]ncc23)cc1. The number of carbonyl (C=O) groups is 1. The van der Waals surface area contributed by atoms with Crippen molar-refractivity contribution in [2.45, 2.75) is 0 Å². The first kappa shape index (κ1) is 12.1. The van der Waals surface area contributed by atoms with E-state index in [1.54, 1.807) is 37.6 Å². The van der Waals surface area contributed by atoms with Crippen LogP contribution in [-0.4, -0.2) is 33.2 Å². The highest BCUT2D eigenvalue weighted by atomic mass is 16.5. The largest absolute Gasteiger partial charge is 0.497 e. The maximum Gasteiger partial charge on any atom is 0.256 e. The summed E-state index contributed by atoms with van der Waals surface area (Å²) in [5, 5.41) is 9.98. The molecule has 2 heterocycles. The Hall–Kier alpha value is -2.96. The Balaban J connectivity index is 1.86. The second-order valence-corrected chi connectivity index (χ2v) is 4.04. The minimum atomic E-state index is -0.256. The van der Waals surface area contributed by atoms with Crippen molar-refractivity contribution in [1.82, 2.24) is 20.2 Å². The number of hydrogen-bond acceptors (Lipinski definition) is 5. The van der Waals surface area contributed by atoms with E-state index in [0.29, 0.717) is 28.2 Å². The number of ether oxygens (including phenoxy) is 1. The lowest BCUT2D eigenvalue weighted by molar-refractivity contribution is 0.102. The standard InChI is InChI=1S/C13H11N5O2/c1-20-9-4-2-8(3-5-9)13(19)17-11-10-6-16-18-12(10)15-7-14-11/h2-7H,1H3,(H2,14,15,16,17,18,19). The molecule has 20 heavy (non-hydrogen) atoms. The summed E-state index contributed by atoms with van der Waals surface area (Å²) in [6.07, 6.45) is 2.93. The summed E-state index contributed by atoms with van der Waals surface area (Å²) in [5.74, 6) is 0.860. The number of hydrogen-bond donors (Lipinski definition) is 2. The molecule has 0 aliphatic heterocycles. The van der Waals surface area contributed by atoms with E-state index in [-0.39, 0.29) is 5.91 Å². The maximum atomic E-state index is 12.1. The zero-order valence-electron chi connectivity index (χ0n) is 10.6. The van der Waals surface area contributed by atoms with Crippen LogP contribution in [0.3, 0.4) is 0 Å². The number of nitrogens with zero attached hydrogens (tertiary/aromatic N) is 3. The third-order valence-electron chi connectivity index (χ3n) is 2.83. The molecule has 0 aliphatic carbocycles. The van der Waals surface area contributed by atoms with Crippen LogP contribution in [0.5, 0.6) is 5.75 Å². The lowest BCUT2D eigenvalue weighted by atomic mass is 10.2. The van der Waals surface area contributed by atoms with Crippen LogP contribution in [0.4, 0.5) is 5.82 Å². The highest BCUT2D eigenvalue weighted by molar-refractivity contribution is 6.07. The Kier molecular flexibility index (Phi) is 3.00. The van der Waals surface area contributed by atoms with Crippen molar-refractivity contribution in [3.05, 3.63) is 42.4 Å². The molecule has 0 unspecified atom stereocenters. The van der Waals surface area contributed by atoms with Crippen LogP contribution in [-0.2, 0) is 0 Å². The molecule has 100 valence electrons. The zero-order chi connectivity index (χ0) is 13.9. The van der Waals surface area contributed by atoms with Gasteiger partial charge in [0.25, 0.3) is 5.91 Å². The van der Waals surface area contributed by atoms with Crippen molar-refractivity contribution in [2.75, 3.05) is 12.4 Å². The summed E-state index contributed by atoms with van der Waals surface area (Å²) in [6, 6.07) is 6.81. The first-order valence-corrected chi connectivity index (χ1v) is 5.87. The van der Waals surface area contributed by atoms with Gasteiger partial charge in [-0.15, -0.1) is 0 Å². The predicted molar refractivity (Wildman–Crippen MR) is 72.6 cm³/mol. The number of amides is 1. The van der Waals surface area contributed by atoms with Crippen LogP contribution >= 0.6 is 0 Å². The second-order valence-electron chi connectivity index (χ2n) is 4.04. The van der Waals surface area contributed by atoms with Crippen LogP contribution in [0.25, 0.3) is 11.0 Å². The zero-order valence-corrected chi connectivity index (χ0v) is 10.6. The van der Waals surface area contributed by atoms with Gasteiger partial charge in [-0.3, -0.25) is 9.89 Å². The fourth-order valence-electron chi connectivity index (χ4n) is 1.79. The molecule has 0 atom stereocenters. The third kappa shape index (κ3) is 2.16. The summed E-state index contributed by atoms with van der Waals surface area (Å²) in [6.45, 7) is 0. The van der Waals surface area contributed by atoms with Gasteiger partial charge in [-0.1, -0.05) is 0 Å². The molecule has 2 N–H and O–H groups in total. The maximum absolute atomic E-state index is 12.1. The smallest absolute Gasteiger partial charge is 0.256 e. The molecule has 3 rings (SSSR count). The van der Waals surface area contributed by atoms with E-state index in [9.17, 15) is 4.79 Å². The molecule has 1 amide bonds. The van der Waals surface area contributed by atoms with Crippen LogP contribution in [0.1, 0.15) is 10.4 Å². The molecule has 0 radical (unpaired) electrons. The lowest BCUT2D eigenvalue weighted by Gasteiger charge is -2.05. The number of methoxy groups -OCH3 is 1. The first-order chi connectivity index (χ1) is 9.78. The second kappa shape index (κ2) is 4.96. The Morgan fingerprint density at radius 3 is 2.80 bits per heavy atom. The minimum Gasteiger partial charge on any atom is -0.497 e. The molecule has 3 aromatic rings. The molecule has 0 bridgehead atoms. The van der Waals surface area contributed by atoms with Crippen LogP contribution in [0, 0.1) is 0 Å². The molecular weight excluding hydrogens is 258 g/mol. The van der Waals surface area contributed by atoms with Gasteiger partial charge in [0.05, 0.1) is 18.7 Å².